The van der Waals surface area contributed by atoms with Crippen molar-refractivity contribution >= 4 is 58.9 Å². The van der Waals surface area contributed by atoms with Crippen LogP contribution in [0.1, 0.15) is 96.0 Å². The van der Waals surface area contributed by atoms with Gasteiger partial charge in [-0.1, -0.05) is 104 Å². The molecule has 27 nitrogen and oxygen atoms in total. The average molecular weight is 1370 g/mol. The predicted molar refractivity (Wildman–Crippen MR) is 358 cm³/mol. The van der Waals surface area contributed by atoms with Gasteiger partial charge in [0, 0.05) is 56.0 Å². The van der Waals surface area contributed by atoms with Gasteiger partial charge in [0.05, 0.1) is 23.0 Å². The number of phenols is 4. The van der Waals surface area contributed by atoms with Gasteiger partial charge in [0.2, 0.25) is 47.1 Å². The van der Waals surface area contributed by atoms with Gasteiger partial charge >= 0.3 is 5.97 Å². The summed E-state index contributed by atoms with van der Waals surface area (Å²) in [7, 11) is 1.51. The molecule has 13 rings (SSSR count). The monoisotopic (exact) mass is 1370 g/mol. The molecular formula is C71H73ClN10O17. The molecule has 0 saturated carbocycles. The fourth-order valence-electron chi connectivity index (χ4n) is 12.5. The van der Waals surface area contributed by atoms with Crippen molar-refractivity contribution in [2.45, 2.75) is 94.3 Å². The number of nitrogens with zero attached hydrogens (tertiary/aromatic N) is 2. The van der Waals surface area contributed by atoms with Crippen LogP contribution >= 0.6 is 11.6 Å². The zero-order valence-corrected chi connectivity index (χ0v) is 54.5. The molecular weight excluding hydrogens is 1300 g/mol. The Hall–Kier alpha value is -10.8. The van der Waals surface area contributed by atoms with Crippen LogP contribution in [-0.4, -0.2) is 150 Å². The first-order valence-corrected chi connectivity index (χ1v) is 32.2. The van der Waals surface area contributed by atoms with E-state index in [0.717, 1.165) is 53.1 Å². The third-order valence-corrected chi connectivity index (χ3v) is 18.2. The summed E-state index contributed by atoms with van der Waals surface area (Å²) in [4.78, 5) is 120. The molecule has 0 spiro atoms. The van der Waals surface area contributed by atoms with Gasteiger partial charge in [-0.25, -0.2) is 4.79 Å². The van der Waals surface area contributed by atoms with E-state index in [9.17, 15) is 59.7 Å². The standard InChI is InChI=1S/C71H73ClN10O17/c1-34(2)25-47(74-3)65(90)79-60-62(87)40-16-20-51(46(72)27-40)99-53-29-41-28-52(64(53)89)98-42-17-13-38(14-18-42)61(86)59-70(95)78-58(71(96)97)44-30-50(84)45(33-82-23-21-81(22-24-82)32-35-9-11-37(12-10-35)36-7-5-4-6-8-36)63(88)55(44)43-26-39(15-19-49(43)83)56(67(92)80-59)77-68(93)57(41)76-66(91)48(31-54(73)85)75-69(60)94/h4-20,26-30,34,47-48,56-62,74,83-84,86-89H,21-25,31-33H2,1-3H3,(H2,73,85)(H,75,94)(H,76,91)(H,77,93)(H,78,95)(H,79,90)(H,80,92)(H,96,97)/t47?,48?,56?,57?,58-,59?,60?,61?,62?/m1/s1. The molecule has 99 heavy (non-hydrogen) atoms. The number of amides is 7. The molecule has 6 aliphatic rings. The first-order chi connectivity index (χ1) is 47.3. The molecule has 7 aromatic carbocycles. The third-order valence-electron chi connectivity index (χ3n) is 17.9. The minimum absolute atomic E-state index is 0.0386. The van der Waals surface area contributed by atoms with Gasteiger partial charge < -0.3 is 88.2 Å². The molecule has 11 bridgehead atoms. The molecule has 7 amide bonds. The molecule has 0 aliphatic carbocycles. The van der Waals surface area contributed by atoms with Crippen LogP contribution in [0.4, 0.5) is 0 Å². The third kappa shape index (κ3) is 15.3. The maximum atomic E-state index is 15.7. The molecule has 6 aliphatic heterocycles. The van der Waals surface area contributed by atoms with Gasteiger partial charge in [-0.05, 0) is 113 Å². The Morgan fingerprint density at radius 2 is 1.23 bits per heavy atom. The Morgan fingerprint density at radius 3 is 1.88 bits per heavy atom. The quantitative estimate of drug-likeness (QED) is 0.0742. The number of aliphatic hydroxyl groups excluding tert-OH is 2. The lowest BCUT2D eigenvalue weighted by Gasteiger charge is -2.35. The number of carbonyl (C=O) groups excluding carboxylic acids is 7. The lowest BCUT2D eigenvalue weighted by atomic mass is 9.88. The first kappa shape index (κ1) is 69.5. The number of carboxylic acid groups (broad SMARTS) is 1. The van der Waals surface area contributed by atoms with E-state index in [1.807, 2.05) is 49.1 Å². The number of aliphatic carboxylic acids is 1. The van der Waals surface area contributed by atoms with Gasteiger partial charge in [0.1, 0.15) is 71.2 Å². The number of carboxylic acids is 1. The average Bonchev–Trinajstić information content (AvgIpc) is 0.756. The van der Waals surface area contributed by atoms with Crippen LogP contribution < -0.4 is 52.4 Å². The van der Waals surface area contributed by atoms with Crippen molar-refractivity contribution < 1.29 is 83.6 Å². The molecule has 0 aromatic heterocycles. The topological polar surface area (TPSA) is 413 Å². The van der Waals surface area contributed by atoms with Crippen molar-refractivity contribution in [2.24, 2.45) is 11.7 Å². The van der Waals surface area contributed by atoms with Gasteiger partial charge in [0.25, 0.3) is 0 Å². The molecule has 8 unspecified atom stereocenters. The summed E-state index contributed by atoms with van der Waals surface area (Å²) in [5.41, 5.74) is 6.81. The maximum absolute atomic E-state index is 15.7. The number of ether oxygens (including phenoxy) is 2. The Kier molecular flexibility index (Phi) is 20.7. The first-order valence-electron chi connectivity index (χ1n) is 31.8. The lowest BCUT2D eigenvalue weighted by molar-refractivity contribution is -0.143. The van der Waals surface area contributed by atoms with Gasteiger partial charge in [0.15, 0.2) is 17.5 Å². The van der Waals surface area contributed by atoms with E-state index in [0.29, 0.717) is 32.7 Å². The summed E-state index contributed by atoms with van der Waals surface area (Å²) >= 11 is 6.84. The number of hydrogen-bond acceptors (Lipinski definition) is 19. The van der Waals surface area contributed by atoms with Crippen molar-refractivity contribution in [3.8, 4) is 68.2 Å². The molecule has 0 radical (unpaired) electrons. The number of hydrogen-bond donors (Lipinski definition) is 15. The zero-order valence-electron chi connectivity index (χ0n) is 53.7. The van der Waals surface area contributed by atoms with Crippen molar-refractivity contribution in [3.05, 3.63) is 177 Å². The van der Waals surface area contributed by atoms with Crippen LogP contribution in [-0.2, 0) is 51.4 Å². The predicted octanol–water partition coefficient (Wildman–Crippen LogP) is 4.73. The second-order valence-corrected chi connectivity index (χ2v) is 25.5. The number of phenolic OH excluding ortho intramolecular Hbond substituents is 4. The van der Waals surface area contributed by atoms with E-state index in [4.69, 9.17) is 26.8 Å². The summed E-state index contributed by atoms with van der Waals surface area (Å²) in [6, 6.07) is 20.2. The molecule has 1 fully saturated rings. The molecule has 16 N–H and O–H groups in total. The number of halogens is 1. The number of aliphatic hydroxyl groups is 2. The molecule has 1 saturated heterocycles. The van der Waals surface area contributed by atoms with Crippen LogP contribution in [0.25, 0.3) is 22.3 Å². The fourth-order valence-corrected chi connectivity index (χ4v) is 12.8. The van der Waals surface area contributed by atoms with E-state index >= 15 is 14.4 Å². The summed E-state index contributed by atoms with van der Waals surface area (Å²) in [5.74, 6) is -14.2. The normalized spacial score (nSPS) is 21.7. The van der Waals surface area contributed by atoms with Crippen LogP contribution in [0.15, 0.2) is 133 Å². The molecule has 516 valence electrons. The molecule has 6 heterocycles. The van der Waals surface area contributed by atoms with Gasteiger partial charge in [-0.15, -0.1) is 0 Å². The number of benzene rings is 7. The molecule has 7 aromatic rings. The van der Waals surface area contributed by atoms with Crippen molar-refractivity contribution in [3.63, 3.8) is 0 Å². The van der Waals surface area contributed by atoms with Crippen molar-refractivity contribution in [2.75, 3.05) is 33.2 Å². The Bertz CT molecular complexity index is 4290. The summed E-state index contributed by atoms with van der Waals surface area (Å²) in [6.45, 7) is 6.21. The number of aromatic hydroxyl groups is 4. The van der Waals surface area contributed by atoms with Crippen LogP contribution in [0, 0.1) is 5.92 Å². The highest BCUT2D eigenvalue weighted by molar-refractivity contribution is 6.32. The Balaban J connectivity index is 1.01. The Labute approximate surface area is 571 Å². The van der Waals surface area contributed by atoms with E-state index in [-0.39, 0.29) is 68.8 Å². The van der Waals surface area contributed by atoms with Crippen LogP contribution in [0.3, 0.4) is 0 Å². The van der Waals surface area contributed by atoms with E-state index < -0.39 is 154 Å². The highest BCUT2D eigenvalue weighted by Crippen LogP contribution is 2.49. The largest absolute Gasteiger partial charge is 0.507 e. The minimum atomic E-state index is -2.20. The van der Waals surface area contributed by atoms with Crippen molar-refractivity contribution in [1.82, 2.24) is 47.0 Å². The number of likely N-dealkylation sites (N-methyl/N-ethyl adjacent to an activating group) is 1. The number of rotatable bonds is 13. The second-order valence-electron chi connectivity index (χ2n) is 25.1. The Morgan fingerprint density at radius 1 is 0.616 bits per heavy atom. The van der Waals surface area contributed by atoms with E-state index in [1.54, 1.807) is 0 Å². The molecule has 28 heteroatoms. The maximum Gasteiger partial charge on any atom is 0.330 e. The summed E-state index contributed by atoms with van der Waals surface area (Å²) < 4.78 is 12.4. The highest BCUT2D eigenvalue weighted by Gasteiger charge is 2.42. The fraction of sp³-hybridized carbons (Fsp3) is 0.296. The smallest absolute Gasteiger partial charge is 0.330 e. The van der Waals surface area contributed by atoms with Gasteiger partial charge in [-0.3, -0.25) is 43.4 Å². The highest BCUT2D eigenvalue weighted by atomic mass is 35.5. The SMILES string of the molecule is CNC(CC(C)C)C(=O)NC1C(=O)NC(CC(N)=O)C(=O)NC2C(=O)NC3C(=O)NC(C(=O)N[C@@H](C(=O)O)c4cc(O)c(CN5CCN(Cc6ccc(-c7ccccc7)cc6)CC5)c(O)c4-c4cc3ccc4O)C(O)c3ccc(cc3)Oc3cc2cc(c3O)Oc2ccc(cc2Cl)C1O. The number of fused-ring (bicyclic) bond motifs is 15. The second kappa shape index (κ2) is 29.5. The van der Waals surface area contributed by atoms with Crippen LogP contribution in [0.5, 0.6) is 46.0 Å². The summed E-state index contributed by atoms with van der Waals surface area (Å²) in [6.07, 6.45) is -4.70. The minimum Gasteiger partial charge on any atom is -0.507 e. The number of piperazine rings is 1. The van der Waals surface area contributed by atoms with Crippen molar-refractivity contribution in [1.29, 1.82) is 0 Å². The number of nitrogens with two attached hydrogens (primary N) is 1. The van der Waals surface area contributed by atoms with E-state index in [2.05, 4.69) is 66.4 Å². The van der Waals surface area contributed by atoms with Gasteiger partial charge in [-0.2, -0.15) is 0 Å². The number of nitrogens with one attached hydrogen (secondary N) is 7. The summed E-state index contributed by atoms with van der Waals surface area (Å²) in [5, 5.41) is 101. The van der Waals surface area contributed by atoms with E-state index in [1.165, 1.54) is 49.5 Å². The lowest BCUT2D eigenvalue weighted by Crippen LogP contribution is -2.59. The zero-order chi connectivity index (χ0) is 70.7. The van der Waals surface area contributed by atoms with Crippen LogP contribution in [0.2, 0.25) is 5.02 Å². The number of primary amides is 1. The molecule has 9 atom stereocenters. The number of carbonyl (C=O) groups is 8.